The summed E-state index contributed by atoms with van der Waals surface area (Å²) in [6.07, 6.45) is 3.77. The second-order valence-corrected chi connectivity index (χ2v) is 13.9. The monoisotopic (exact) mass is 242 g/mol. The van der Waals surface area contributed by atoms with Gasteiger partial charge in [-0.3, -0.25) is 0 Å². The summed E-state index contributed by atoms with van der Waals surface area (Å²) in [6.45, 7) is 17.1. The van der Waals surface area contributed by atoms with E-state index in [4.69, 9.17) is 0 Å². The van der Waals surface area contributed by atoms with Gasteiger partial charge < -0.3 is 0 Å². The largest absolute Gasteiger partial charge is 0.153 e. The van der Waals surface area contributed by atoms with Gasteiger partial charge in [-0.25, -0.2) is 0 Å². The second kappa shape index (κ2) is 3.96. The van der Waals surface area contributed by atoms with Crippen LogP contribution in [0.4, 0.5) is 0 Å². The van der Waals surface area contributed by atoms with Gasteiger partial charge >= 0.3 is 0 Å². The molecule has 1 aliphatic heterocycles. The molecule has 0 aromatic rings. The van der Waals surface area contributed by atoms with Crippen LogP contribution in [0.1, 0.15) is 34.1 Å². The van der Waals surface area contributed by atoms with Gasteiger partial charge in [-0.2, -0.15) is 11.8 Å². The Hall–Kier alpha value is 0.307. The molecule has 1 atom stereocenters. The normalized spacial score (nSPS) is 28.9. The van der Waals surface area contributed by atoms with Crippen molar-refractivity contribution in [1.29, 1.82) is 0 Å². The van der Waals surface area contributed by atoms with E-state index in [2.05, 4.69) is 65.2 Å². The zero-order valence-corrected chi connectivity index (χ0v) is 13.2. The highest BCUT2D eigenvalue weighted by Gasteiger charge is 2.51. The van der Waals surface area contributed by atoms with E-state index in [0.717, 1.165) is 0 Å². The fourth-order valence-corrected chi connectivity index (χ4v) is 8.98. The standard InChI is InChI=1S/C13H26SSi/c1-11-8-9-13(14-10-11,12(2,3)4)15(5,6)7/h8H,9-10H2,1-7H3. The molecule has 15 heavy (non-hydrogen) atoms. The minimum atomic E-state index is -1.15. The lowest BCUT2D eigenvalue weighted by atomic mass is 9.88. The van der Waals surface area contributed by atoms with E-state index in [9.17, 15) is 0 Å². The average Bonchev–Trinajstić information content (AvgIpc) is 2.00. The highest BCUT2D eigenvalue weighted by atomic mass is 32.2. The number of allylic oxidation sites excluding steroid dienone is 1. The van der Waals surface area contributed by atoms with E-state index in [0.29, 0.717) is 9.79 Å². The van der Waals surface area contributed by atoms with Crippen LogP contribution in [0.3, 0.4) is 0 Å². The van der Waals surface area contributed by atoms with Gasteiger partial charge in [0.05, 0.1) is 8.07 Å². The zero-order chi connectivity index (χ0) is 11.9. The van der Waals surface area contributed by atoms with Crippen molar-refractivity contribution in [3.05, 3.63) is 11.6 Å². The molecule has 88 valence electrons. The SMILES string of the molecule is CC1=CCC(C(C)(C)C)([Si](C)(C)C)SC1. The number of thioether (sulfide) groups is 1. The molecule has 1 heterocycles. The van der Waals surface area contributed by atoms with E-state index in [-0.39, 0.29) is 0 Å². The smallest absolute Gasteiger partial charge is 0.0637 e. The predicted molar refractivity (Wildman–Crippen MR) is 76.4 cm³/mol. The molecule has 0 amide bonds. The Morgan fingerprint density at radius 1 is 1.27 bits per heavy atom. The van der Waals surface area contributed by atoms with Crippen molar-refractivity contribution >= 4 is 19.8 Å². The van der Waals surface area contributed by atoms with Crippen LogP contribution in [0.2, 0.25) is 19.6 Å². The van der Waals surface area contributed by atoms with Crippen molar-refractivity contribution < 1.29 is 0 Å². The van der Waals surface area contributed by atoms with Crippen molar-refractivity contribution in [2.45, 2.75) is 58.1 Å². The molecule has 1 aliphatic rings. The predicted octanol–water partition coefficient (Wildman–Crippen LogP) is 4.73. The lowest BCUT2D eigenvalue weighted by molar-refractivity contribution is 0.348. The first kappa shape index (κ1) is 13.4. The van der Waals surface area contributed by atoms with Gasteiger partial charge in [-0.05, 0) is 18.8 Å². The quantitative estimate of drug-likeness (QED) is 0.473. The maximum absolute atomic E-state index is 2.53. The molecule has 0 saturated carbocycles. The van der Waals surface area contributed by atoms with Crippen molar-refractivity contribution in [3.63, 3.8) is 0 Å². The van der Waals surface area contributed by atoms with E-state index >= 15 is 0 Å². The average molecular weight is 243 g/mol. The Bertz CT molecular complexity index is 251. The fraction of sp³-hybridized carbons (Fsp3) is 0.846. The number of hydrogen-bond acceptors (Lipinski definition) is 1. The van der Waals surface area contributed by atoms with E-state index in [1.165, 1.54) is 12.2 Å². The summed E-state index contributed by atoms with van der Waals surface area (Å²) in [5, 5.41) is 0. The van der Waals surface area contributed by atoms with Crippen molar-refractivity contribution in [3.8, 4) is 0 Å². The maximum atomic E-state index is 2.53. The molecule has 0 radical (unpaired) electrons. The summed E-state index contributed by atoms with van der Waals surface area (Å²) >= 11 is 2.23. The number of hydrogen-bond donors (Lipinski definition) is 0. The molecule has 0 saturated heterocycles. The van der Waals surface area contributed by atoms with Crippen LogP contribution in [0.25, 0.3) is 0 Å². The topological polar surface area (TPSA) is 0 Å². The van der Waals surface area contributed by atoms with Crippen LogP contribution in [0.15, 0.2) is 11.6 Å². The van der Waals surface area contributed by atoms with Gasteiger partial charge in [0.25, 0.3) is 0 Å². The van der Waals surface area contributed by atoms with Crippen LogP contribution in [0.5, 0.6) is 0 Å². The number of rotatable bonds is 1. The lowest BCUT2D eigenvalue weighted by Gasteiger charge is -2.53. The molecule has 0 nitrogen and oxygen atoms in total. The van der Waals surface area contributed by atoms with Gasteiger partial charge in [-0.1, -0.05) is 52.1 Å². The fourth-order valence-electron chi connectivity index (χ4n) is 2.84. The molecule has 0 spiro atoms. The summed E-state index contributed by atoms with van der Waals surface area (Å²) in [6, 6.07) is 0. The molecule has 0 aromatic heterocycles. The van der Waals surface area contributed by atoms with Gasteiger partial charge in [-0.15, -0.1) is 0 Å². The third-order valence-electron chi connectivity index (χ3n) is 3.71. The van der Waals surface area contributed by atoms with Crippen LogP contribution in [-0.2, 0) is 0 Å². The first-order valence-electron chi connectivity index (χ1n) is 5.90. The maximum Gasteiger partial charge on any atom is 0.0637 e. The third-order valence-corrected chi connectivity index (χ3v) is 11.2. The minimum Gasteiger partial charge on any atom is -0.153 e. The lowest BCUT2D eigenvalue weighted by Crippen LogP contribution is -2.58. The van der Waals surface area contributed by atoms with Crippen molar-refractivity contribution in [1.82, 2.24) is 0 Å². The first-order valence-corrected chi connectivity index (χ1v) is 10.4. The summed E-state index contributed by atoms with van der Waals surface area (Å²) in [7, 11) is -1.15. The van der Waals surface area contributed by atoms with Gasteiger partial charge in [0.15, 0.2) is 0 Å². The van der Waals surface area contributed by atoms with Crippen LogP contribution >= 0.6 is 11.8 Å². The van der Waals surface area contributed by atoms with Crippen LogP contribution in [-0.4, -0.2) is 18.2 Å². The first-order chi connectivity index (χ1) is 6.60. The minimum absolute atomic E-state index is 0.416. The summed E-state index contributed by atoms with van der Waals surface area (Å²) in [5.74, 6) is 1.24. The van der Waals surface area contributed by atoms with E-state index in [1.807, 2.05) is 0 Å². The molecular weight excluding hydrogens is 216 g/mol. The van der Waals surface area contributed by atoms with Gasteiger partial charge in [0, 0.05) is 10.1 Å². The molecule has 1 rings (SSSR count). The van der Waals surface area contributed by atoms with E-state index < -0.39 is 8.07 Å². The highest BCUT2D eigenvalue weighted by molar-refractivity contribution is 8.02. The molecule has 0 bridgehead atoms. The molecular formula is C13H26SSi. The van der Waals surface area contributed by atoms with Crippen molar-refractivity contribution in [2.24, 2.45) is 5.41 Å². The summed E-state index contributed by atoms with van der Waals surface area (Å²) in [4.78, 5) is 0. The zero-order valence-electron chi connectivity index (χ0n) is 11.4. The van der Waals surface area contributed by atoms with Crippen LogP contribution in [0, 0.1) is 5.41 Å². The highest BCUT2D eigenvalue weighted by Crippen LogP contribution is 2.53. The molecule has 0 aliphatic carbocycles. The molecule has 1 unspecified atom stereocenters. The third kappa shape index (κ3) is 2.36. The molecule has 2 heteroatoms. The Labute approximate surface area is 101 Å². The molecule has 0 fully saturated rings. The molecule has 0 N–H and O–H groups in total. The van der Waals surface area contributed by atoms with Crippen LogP contribution < -0.4 is 0 Å². The Morgan fingerprint density at radius 2 is 1.80 bits per heavy atom. The second-order valence-electron chi connectivity index (χ2n) is 6.87. The Morgan fingerprint density at radius 3 is 2.07 bits per heavy atom. The van der Waals surface area contributed by atoms with E-state index in [1.54, 1.807) is 5.57 Å². The van der Waals surface area contributed by atoms with Crippen molar-refractivity contribution in [2.75, 3.05) is 5.75 Å². The summed E-state index contributed by atoms with van der Waals surface area (Å²) in [5.41, 5.74) is 1.98. The summed E-state index contributed by atoms with van der Waals surface area (Å²) < 4.78 is 0.513. The van der Waals surface area contributed by atoms with Gasteiger partial charge in [0.2, 0.25) is 0 Å². The molecule has 0 aromatic carbocycles. The van der Waals surface area contributed by atoms with Gasteiger partial charge in [0.1, 0.15) is 0 Å². The Kier molecular flexibility index (Phi) is 3.53. The Balaban J connectivity index is 3.12.